The summed E-state index contributed by atoms with van der Waals surface area (Å²) in [4.78, 5) is 2.65. The van der Waals surface area contributed by atoms with Crippen molar-refractivity contribution in [2.45, 2.75) is 32.2 Å². The summed E-state index contributed by atoms with van der Waals surface area (Å²) >= 11 is 7.98. The Balaban J connectivity index is 2.44. The highest BCUT2D eigenvalue weighted by Crippen LogP contribution is 2.37. The summed E-state index contributed by atoms with van der Waals surface area (Å²) in [7, 11) is 0. The number of hydrogen-bond donors (Lipinski definition) is 1. The Morgan fingerprint density at radius 3 is 2.75 bits per heavy atom. The van der Waals surface area contributed by atoms with Crippen LogP contribution in [0.5, 0.6) is 0 Å². The maximum atomic E-state index is 6.17. The van der Waals surface area contributed by atoms with Crippen molar-refractivity contribution in [3.05, 3.63) is 20.3 Å². The van der Waals surface area contributed by atoms with Gasteiger partial charge in [0.25, 0.3) is 0 Å². The predicted octanol–water partition coefficient (Wildman–Crippen LogP) is 2.74. The van der Waals surface area contributed by atoms with Crippen molar-refractivity contribution in [1.82, 2.24) is 0 Å². The molecule has 2 N–H and O–H groups in total. The lowest BCUT2D eigenvalue weighted by molar-refractivity contribution is 0.697. The Bertz CT molecular complexity index is 293. The van der Waals surface area contributed by atoms with E-state index in [9.17, 15) is 0 Å². The fourth-order valence-electron chi connectivity index (χ4n) is 1.72. The molecule has 0 saturated heterocycles. The minimum Gasteiger partial charge on any atom is -0.326 e. The first-order valence-corrected chi connectivity index (χ1v) is 5.51. The van der Waals surface area contributed by atoms with E-state index in [0.717, 1.165) is 11.4 Å². The zero-order valence-electron chi connectivity index (χ0n) is 6.90. The largest absolute Gasteiger partial charge is 0.326 e. The van der Waals surface area contributed by atoms with Gasteiger partial charge in [-0.15, -0.1) is 11.3 Å². The molecule has 0 radical (unpaired) electrons. The van der Waals surface area contributed by atoms with Crippen molar-refractivity contribution in [2.24, 2.45) is 5.73 Å². The average molecular weight is 202 g/mol. The van der Waals surface area contributed by atoms with Gasteiger partial charge in [0.15, 0.2) is 0 Å². The highest BCUT2D eigenvalue weighted by atomic mass is 35.5. The van der Waals surface area contributed by atoms with Crippen LogP contribution < -0.4 is 5.73 Å². The van der Waals surface area contributed by atoms with Gasteiger partial charge in [0.1, 0.15) is 0 Å². The number of nitrogens with two attached hydrogens (primary N) is 1. The zero-order chi connectivity index (χ0) is 8.55. The van der Waals surface area contributed by atoms with E-state index >= 15 is 0 Å². The maximum absolute atomic E-state index is 6.17. The van der Waals surface area contributed by atoms with Crippen LogP contribution >= 0.6 is 22.9 Å². The molecule has 12 heavy (non-hydrogen) atoms. The monoisotopic (exact) mass is 201 g/mol. The number of hydrogen-bond acceptors (Lipinski definition) is 2. The number of thiophene rings is 1. The number of aryl methyl sites for hydroxylation is 1. The fourth-order valence-corrected chi connectivity index (χ4v) is 3.34. The van der Waals surface area contributed by atoms with Gasteiger partial charge in [-0.25, -0.2) is 0 Å². The summed E-state index contributed by atoms with van der Waals surface area (Å²) in [6.07, 6.45) is 4.96. The average Bonchev–Trinajstić information content (AvgIpc) is 2.44. The van der Waals surface area contributed by atoms with Crippen LogP contribution in [0.1, 0.15) is 28.2 Å². The molecule has 1 heterocycles. The zero-order valence-corrected chi connectivity index (χ0v) is 8.47. The third-order valence-corrected chi connectivity index (χ3v) is 4.24. The van der Waals surface area contributed by atoms with Crippen molar-refractivity contribution >= 4 is 22.9 Å². The van der Waals surface area contributed by atoms with Crippen LogP contribution in [0, 0.1) is 0 Å². The Kier molecular flexibility index (Phi) is 2.40. The summed E-state index contributed by atoms with van der Waals surface area (Å²) in [6.45, 7) is 0.594. The molecular weight excluding hydrogens is 190 g/mol. The molecule has 2 rings (SSSR count). The first kappa shape index (κ1) is 8.54. The molecule has 1 aliphatic rings. The Hall–Kier alpha value is -0.0500. The lowest BCUT2D eigenvalue weighted by atomic mass is 9.99. The van der Waals surface area contributed by atoms with Gasteiger partial charge in [-0.05, 0) is 31.2 Å². The highest BCUT2D eigenvalue weighted by Gasteiger charge is 2.18. The van der Waals surface area contributed by atoms with Crippen LogP contribution in [0.4, 0.5) is 0 Å². The van der Waals surface area contributed by atoms with Crippen molar-refractivity contribution < 1.29 is 0 Å². The lowest BCUT2D eigenvalue weighted by Gasteiger charge is -2.09. The standard InChI is InChI=1S/C9H12ClNS/c10-9-6-3-1-2-4-7(6)12-8(9)5-11/h1-5,11H2. The van der Waals surface area contributed by atoms with Gasteiger partial charge < -0.3 is 5.73 Å². The van der Waals surface area contributed by atoms with Crippen LogP contribution in [0.3, 0.4) is 0 Å². The molecule has 0 fully saturated rings. The van der Waals surface area contributed by atoms with E-state index in [1.54, 1.807) is 11.3 Å². The van der Waals surface area contributed by atoms with Gasteiger partial charge >= 0.3 is 0 Å². The van der Waals surface area contributed by atoms with Gasteiger partial charge in [-0.1, -0.05) is 11.6 Å². The van der Waals surface area contributed by atoms with E-state index in [1.807, 2.05) is 0 Å². The number of fused-ring (bicyclic) bond motifs is 1. The smallest absolute Gasteiger partial charge is 0.0592 e. The first-order chi connectivity index (χ1) is 5.83. The molecule has 0 saturated carbocycles. The van der Waals surface area contributed by atoms with Gasteiger partial charge in [-0.2, -0.15) is 0 Å². The van der Waals surface area contributed by atoms with Crippen molar-refractivity contribution in [3.8, 4) is 0 Å². The molecule has 3 heteroatoms. The summed E-state index contributed by atoms with van der Waals surface area (Å²) in [5.41, 5.74) is 6.97. The molecule has 0 amide bonds. The van der Waals surface area contributed by atoms with Gasteiger partial charge in [0.05, 0.1) is 5.02 Å². The number of rotatable bonds is 1. The number of halogens is 1. The SMILES string of the molecule is NCc1sc2c(c1Cl)CCCC2. The Labute approximate surface area is 81.5 Å². The molecular formula is C9H12ClNS. The summed E-state index contributed by atoms with van der Waals surface area (Å²) in [5, 5.41) is 0.956. The molecule has 0 aromatic carbocycles. The maximum Gasteiger partial charge on any atom is 0.0592 e. The summed E-state index contributed by atoms with van der Waals surface area (Å²) in [6, 6.07) is 0. The fraction of sp³-hybridized carbons (Fsp3) is 0.556. The van der Waals surface area contributed by atoms with Crippen LogP contribution in [-0.2, 0) is 19.4 Å². The van der Waals surface area contributed by atoms with E-state index < -0.39 is 0 Å². The molecule has 1 aromatic heterocycles. The Morgan fingerprint density at radius 2 is 2.08 bits per heavy atom. The molecule has 66 valence electrons. The second-order valence-corrected chi connectivity index (χ2v) is 4.72. The topological polar surface area (TPSA) is 26.0 Å². The first-order valence-electron chi connectivity index (χ1n) is 4.32. The molecule has 1 aliphatic carbocycles. The molecule has 1 nitrogen and oxygen atoms in total. The van der Waals surface area contributed by atoms with E-state index in [2.05, 4.69) is 0 Å². The molecule has 0 atom stereocenters. The molecule has 0 spiro atoms. The van der Waals surface area contributed by atoms with Crippen molar-refractivity contribution in [1.29, 1.82) is 0 Å². The predicted molar refractivity (Wildman–Crippen MR) is 53.9 cm³/mol. The normalized spacial score (nSPS) is 16.2. The molecule has 0 unspecified atom stereocenters. The lowest BCUT2D eigenvalue weighted by Crippen LogP contribution is -1.98. The van der Waals surface area contributed by atoms with E-state index in [4.69, 9.17) is 17.3 Å². The second-order valence-electron chi connectivity index (χ2n) is 3.15. The van der Waals surface area contributed by atoms with E-state index in [1.165, 1.54) is 34.6 Å². The van der Waals surface area contributed by atoms with Crippen LogP contribution in [-0.4, -0.2) is 0 Å². The quantitative estimate of drug-likeness (QED) is 0.743. The molecule has 0 aliphatic heterocycles. The minimum absolute atomic E-state index is 0.594. The summed E-state index contributed by atoms with van der Waals surface area (Å²) < 4.78 is 0. The van der Waals surface area contributed by atoms with Gasteiger partial charge in [0.2, 0.25) is 0 Å². The van der Waals surface area contributed by atoms with Crippen LogP contribution in [0.15, 0.2) is 0 Å². The molecule has 0 bridgehead atoms. The van der Waals surface area contributed by atoms with Gasteiger partial charge in [0, 0.05) is 16.3 Å². The summed E-state index contributed by atoms with van der Waals surface area (Å²) in [5.74, 6) is 0. The third kappa shape index (κ3) is 1.28. The minimum atomic E-state index is 0.594. The Morgan fingerprint density at radius 1 is 1.33 bits per heavy atom. The van der Waals surface area contributed by atoms with Crippen LogP contribution in [0.25, 0.3) is 0 Å². The van der Waals surface area contributed by atoms with Crippen molar-refractivity contribution in [3.63, 3.8) is 0 Å². The van der Waals surface area contributed by atoms with Crippen LogP contribution in [0.2, 0.25) is 5.02 Å². The van der Waals surface area contributed by atoms with Gasteiger partial charge in [-0.3, -0.25) is 0 Å². The molecule has 1 aromatic rings. The highest BCUT2D eigenvalue weighted by molar-refractivity contribution is 7.12. The van der Waals surface area contributed by atoms with E-state index in [-0.39, 0.29) is 0 Å². The van der Waals surface area contributed by atoms with Crippen molar-refractivity contribution in [2.75, 3.05) is 0 Å². The van der Waals surface area contributed by atoms with E-state index in [0.29, 0.717) is 6.54 Å². The second kappa shape index (κ2) is 3.36. The third-order valence-electron chi connectivity index (χ3n) is 2.36.